The van der Waals surface area contributed by atoms with Crippen LogP contribution in [0.25, 0.3) is 11.1 Å². The standard InChI is InChI=1S/C13H11BF2O2S/c1-19-9-4-2-8(3-5-9)10-6-12(15)13(16)7-11(10)14(17)18/h2-7,17-18H,1H3. The number of hydrogen-bond acceptors (Lipinski definition) is 3. The van der Waals surface area contributed by atoms with Crippen LogP contribution in [0.15, 0.2) is 41.3 Å². The Balaban J connectivity index is 2.56. The Hall–Kier alpha value is -1.37. The zero-order valence-electron chi connectivity index (χ0n) is 10.1. The summed E-state index contributed by atoms with van der Waals surface area (Å²) in [4.78, 5) is 1.03. The molecule has 0 atom stereocenters. The summed E-state index contributed by atoms with van der Waals surface area (Å²) in [5, 5.41) is 18.5. The van der Waals surface area contributed by atoms with Crippen molar-refractivity contribution in [3.8, 4) is 11.1 Å². The van der Waals surface area contributed by atoms with Crippen molar-refractivity contribution in [2.24, 2.45) is 0 Å². The molecule has 0 radical (unpaired) electrons. The molecular weight excluding hydrogens is 269 g/mol. The Kier molecular flexibility index (Phi) is 4.24. The van der Waals surface area contributed by atoms with E-state index in [9.17, 15) is 18.8 Å². The molecule has 0 aromatic heterocycles. The minimum Gasteiger partial charge on any atom is -0.423 e. The van der Waals surface area contributed by atoms with Crippen molar-refractivity contribution >= 4 is 24.3 Å². The fraction of sp³-hybridized carbons (Fsp3) is 0.0769. The molecule has 0 aliphatic rings. The van der Waals surface area contributed by atoms with E-state index >= 15 is 0 Å². The maximum atomic E-state index is 13.3. The maximum Gasteiger partial charge on any atom is 0.489 e. The molecule has 2 N–H and O–H groups in total. The van der Waals surface area contributed by atoms with Gasteiger partial charge in [0.15, 0.2) is 11.6 Å². The Morgan fingerprint density at radius 2 is 1.58 bits per heavy atom. The largest absolute Gasteiger partial charge is 0.489 e. The molecule has 2 aromatic rings. The minimum atomic E-state index is -1.86. The van der Waals surface area contributed by atoms with E-state index in [1.165, 1.54) is 0 Å². The van der Waals surface area contributed by atoms with Crippen LogP contribution in [0.3, 0.4) is 0 Å². The van der Waals surface area contributed by atoms with Crippen molar-refractivity contribution in [1.29, 1.82) is 0 Å². The lowest BCUT2D eigenvalue weighted by atomic mass is 9.75. The molecule has 0 spiro atoms. The van der Waals surface area contributed by atoms with Gasteiger partial charge in [-0.1, -0.05) is 12.1 Å². The summed E-state index contributed by atoms with van der Waals surface area (Å²) >= 11 is 1.56. The highest BCUT2D eigenvalue weighted by Crippen LogP contribution is 2.23. The zero-order chi connectivity index (χ0) is 14.0. The normalized spacial score (nSPS) is 10.6. The molecule has 2 rings (SSSR count). The molecule has 2 nitrogen and oxygen atoms in total. The molecule has 6 heteroatoms. The van der Waals surface area contributed by atoms with Crippen LogP contribution in [0.1, 0.15) is 0 Å². The van der Waals surface area contributed by atoms with Gasteiger partial charge in [-0.25, -0.2) is 8.78 Å². The van der Waals surface area contributed by atoms with Gasteiger partial charge in [0, 0.05) is 4.90 Å². The topological polar surface area (TPSA) is 40.5 Å². The second kappa shape index (κ2) is 5.73. The first-order valence-corrected chi connectivity index (χ1v) is 6.75. The molecule has 0 saturated carbocycles. The van der Waals surface area contributed by atoms with Gasteiger partial charge in [0.05, 0.1) is 0 Å². The summed E-state index contributed by atoms with van der Waals surface area (Å²) in [6, 6.07) is 8.88. The van der Waals surface area contributed by atoms with Crippen molar-refractivity contribution in [1.82, 2.24) is 0 Å². The van der Waals surface area contributed by atoms with Gasteiger partial charge >= 0.3 is 7.12 Å². The van der Waals surface area contributed by atoms with E-state index < -0.39 is 18.8 Å². The van der Waals surface area contributed by atoms with E-state index in [0.29, 0.717) is 5.56 Å². The number of halogens is 2. The summed E-state index contributed by atoms with van der Waals surface area (Å²) in [5.41, 5.74) is 0.803. The number of hydrogen-bond donors (Lipinski definition) is 2. The van der Waals surface area contributed by atoms with Gasteiger partial charge in [0.2, 0.25) is 0 Å². The van der Waals surface area contributed by atoms with Crippen LogP contribution in [0, 0.1) is 11.6 Å². The summed E-state index contributed by atoms with van der Waals surface area (Å²) in [7, 11) is -1.86. The smallest absolute Gasteiger partial charge is 0.423 e. The summed E-state index contributed by atoms with van der Waals surface area (Å²) in [6.45, 7) is 0. The van der Waals surface area contributed by atoms with Crippen LogP contribution in [-0.2, 0) is 0 Å². The van der Waals surface area contributed by atoms with Crippen molar-refractivity contribution in [3.05, 3.63) is 48.0 Å². The number of rotatable bonds is 3. The summed E-state index contributed by atoms with van der Waals surface area (Å²) in [5.74, 6) is -2.12. The first-order valence-electron chi connectivity index (χ1n) is 5.52. The van der Waals surface area contributed by atoms with Gasteiger partial charge in [-0.3, -0.25) is 0 Å². The van der Waals surface area contributed by atoms with Gasteiger partial charge < -0.3 is 10.0 Å². The van der Waals surface area contributed by atoms with Crippen molar-refractivity contribution in [3.63, 3.8) is 0 Å². The van der Waals surface area contributed by atoms with Crippen molar-refractivity contribution < 1.29 is 18.8 Å². The second-order valence-electron chi connectivity index (χ2n) is 3.96. The predicted octanol–water partition coefficient (Wildman–Crippen LogP) is 2.03. The van der Waals surface area contributed by atoms with Crippen LogP contribution in [0.5, 0.6) is 0 Å². The Morgan fingerprint density at radius 1 is 1.00 bits per heavy atom. The zero-order valence-corrected chi connectivity index (χ0v) is 10.9. The predicted molar refractivity (Wildman–Crippen MR) is 73.4 cm³/mol. The monoisotopic (exact) mass is 280 g/mol. The average Bonchev–Trinajstić information content (AvgIpc) is 2.41. The molecule has 2 aromatic carbocycles. The second-order valence-corrected chi connectivity index (χ2v) is 4.84. The fourth-order valence-electron chi connectivity index (χ4n) is 1.80. The average molecular weight is 280 g/mol. The van der Waals surface area contributed by atoms with Gasteiger partial charge in [0.1, 0.15) is 0 Å². The van der Waals surface area contributed by atoms with Crippen LogP contribution in [0.4, 0.5) is 8.78 Å². The van der Waals surface area contributed by atoms with Crippen LogP contribution < -0.4 is 5.46 Å². The lowest BCUT2D eigenvalue weighted by Crippen LogP contribution is -2.32. The maximum absolute atomic E-state index is 13.3. The molecule has 0 unspecified atom stereocenters. The van der Waals surface area contributed by atoms with Crippen molar-refractivity contribution in [2.45, 2.75) is 4.90 Å². The highest BCUT2D eigenvalue weighted by atomic mass is 32.2. The van der Waals surface area contributed by atoms with E-state index in [0.717, 1.165) is 17.0 Å². The van der Waals surface area contributed by atoms with E-state index in [1.807, 2.05) is 18.4 Å². The first kappa shape index (κ1) is 14.1. The highest BCUT2D eigenvalue weighted by molar-refractivity contribution is 7.98. The molecule has 0 saturated heterocycles. The summed E-state index contributed by atoms with van der Waals surface area (Å²) < 4.78 is 26.5. The SMILES string of the molecule is CSc1ccc(-c2cc(F)c(F)cc2B(O)O)cc1. The third-order valence-electron chi connectivity index (χ3n) is 2.77. The fourth-order valence-corrected chi connectivity index (χ4v) is 2.20. The molecular formula is C13H11BF2O2S. The van der Waals surface area contributed by atoms with E-state index in [-0.39, 0.29) is 11.0 Å². The highest BCUT2D eigenvalue weighted by Gasteiger charge is 2.20. The van der Waals surface area contributed by atoms with Gasteiger partial charge in [0.25, 0.3) is 0 Å². The molecule has 0 heterocycles. The van der Waals surface area contributed by atoms with E-state index in [1.54, 1.807) is 23.9 Å². The third-order valence-corrected chi connectivity index (χ3v) is 3.52. The molecule has 98 valence electrons. The third kappa shape index (κ3) is 2.97. The quantitative estimate of drug-likeness (QED) is 0.667. The Labute approximate surface area is 114 Å². The summed E-state index contributed by atoms with van der Waals surface area (Å²) in [6.07, 6.45) is 1.93. The molecule has 0 amide bonds. The van der Waals surface area contributed by atoms with Gasteiger partial charge in [-0.05, 0) is 47.1 Å². The van der Waals surface area contributed by atoms with Crippen molar-refractivity contribution in [2.75, 3.05) is 6.26 Å². The Bertz CT molecular complexity index is 588. The number of benzene rings is 2. The van der Waals surface area contributed by atoms with E-state index in [2.05, 4.69) is 0 Å². The number of thioether (sulfide) groups is 1. The molecule has 19 heavy (non-hydrogen) atoms. The molecule has 0 bridgehead atoms. The van der Waals surface area contributed by atoms with Gasteiger partial charge in [-0.15, -0.1) is 11.8 Å². The van der Waals surface area contributed by atoms with Gasteiger partial charge in [-0.2, -0.15) is 0 Å². The molecule has 0 aliphatic carbocycles. The Morgan fingerprint density at radius 3 is 2.11 bits per heavy atom. The van der Waals surface area contributed by atoms with Crippen LogP contribution in [0.2, 0.25) is 0 Å². The minimum absolute atomic E-state index is 0.0594. The lowest BCUT2D eigenvalue weighted by Gasteiger charge is -2.10. The van der Waals surface area contributed by atoms with Crippen LogP contribution >= 0.6 is 11.8 Å². The molecule has 0 fully saturated rings. The first-order chi connectivity index (χ1) is 9.02. The van der Waals surface area contributed by atoms with E-state index in [4.69, 9.17) is 0 Å². The lowest BCUT2D eigenvalue weighted by molar-refractivity contribution is 0.425. The van der Waals surface area contributed by atoms with Crippen LogP contribution in [-0.4, -0.2) is 23.4 Å². The molecule has 0 aliphatic heterocycles.